The highest BCUT2D eigenvalue weighted by Gasteiger charge is 2.67. The van der Waals surface area contributed by atoms with Gasteiger partial charge in [-0.3, -0.25) is 19.3 Å². The number of nitrogens with one attached hydrogen (secondary N) is 2. The molecule has 1 aromatic heterocycles. The van der Waals surface area contributed by atoms with Crippen molar-refractivity contribution < 1.29 is 34.1 Å². The molecule has 0 aliphatic carbocycles. The number of methoxy groups -OCH3 is 1. The number of rotatable bonds is 11. The molecule has 2 aromatic rings. The summed E-state index contributed by atoms with van der Waals surface area (Å²) in [5, 5.41) is 35.2. The molecule has 4 atom stereocenters. The highest BCUT2D eigenvalue weighted by Crippen LogP contribution is 2.49. The number of aromatic amines is 1. The molecule has 37 heavy (non-hydrogen) atoms. The number of tetrazole rings is 1. The van der Waals surface area contributed by atoms with Crippen LogP contribution in [0.4, 0.5) is 0 Å². The van der Waals surface area contributed by atoms with E-state index in [9.17, 15) is 29.4 Å². The van der Waals surface area contributed by atoms with Gasteiger partial charge in [0.25, 0.3) is 17.5 Å². The first-order valence-electron chi connectivity index (χ1n) is 10.9. The molecule has 0 saturated carbocycles. The second-order valence-electron chi connectivity index (χ2n) is 8.08. The van der Waals surface area contributed by atoms with Crippen LogP contribution in [0.25, 0.3) is 0 Å². The summed E-state index contributed by atoms with van der Waals surface area (Å²) >= 11 is 2.28. The average Bonchev–Trinajstić information content (AvgIpc) is 3.41. The smallest absolute Gasteiger partial charge is 0.352 e. The number of fused-ring (bicyclic) bond motifs is 1. The minimum absolute atomic E-state index is 0.0346. The van der Waals surface area contributed by atoms with Gasteiger partial charge < -0.3 is 26.0 Å². The highest BCUT2D eigenvalue weighted by atomic mass is 32.2. The van der Waals surface area contributed by atoms with Crippen LogP contribution >= 0.6 is 23.5 Å². The molecule has 0 bridgehead atoms. The molecule has 14 nitrogen and oxygen atoms in total. The number of carbonyl (C=O) groups is 4. The van der Waals surface area contributed by atoms with Crippen LogP contribution in [0.1, 0.15) is 24.5 Å². The van der Waals surface area contributed by atoms with E-state index in [2.05, 4.69) is 25.9 Å². The Morgan fingerprint density at radius 2 is 2.11 bits per heavy atom. The number of H-pyrrole nitrogens is 1. The van der Waals surface area contributed by atoms with E-state index in [-0.39, 0.29) is 24.3 Å². The molecule has 1 fully saturated rings. The molecule has 1 aromatic carbocycles. The van der Waals surface area contributed by atoms with E-state index in [0.29, 0.717) is 16.3 Å². The van der Waals surface area contributed by atoms with Crippen LogP contribution < -0.4 is 11.1 Å². The lowest BCUT2D eigenvalue weighted by molar-refractivity contribution is -0.194. The molecular weight excluding hydrogens is 526 g/mol. The number of amides is 3. The number of ether oxygens (including phenoxy) is 1. The van der Waals surface area contributed by atoms with Gasteiger partial charge in [0, 0.05) is 24.5 Å². The summed E-state index contributed by atoms with van der Waals surface area (Å²) in [5.41, 5.74) is 3.83. The largest absolute Gasteiger partial charge is 0.477 e. The summed E-state index contributed by atoms with van der Waals surface area (Å²) in [4.78, 5) is 51.1. The molecule has 196 valence electrons. The van der Waals surface area contributed by atoms with Gasteiger partial charge >= 0.3 is 5.97 Å². The minimum Gasteiger partial charge on any atom is -0.477 e. The standard InChI is InChI=1S/C21H23N7O7S2/c1-35-21(23-16(31)15(30)10-5-3-2-4-6-10)18(34)28-14(17(32)33)11(9-36-19(21)28)12(7-8-13(22)29)37-20-24-26-27-25-20/h2-6,12,15,19,30H,7-9H2,1H3,(H2,22,29)(H,23,31)(H,32,33)(H,24,25,26,27)/t12?,15?,19-,21+/m0/s1. The van der Waals surface area contributed by atoms with Crippen molar-refractivity contribution in [3.05, 3.63) is 47.2 Å². The van der Waals surface area contributed by atoms with Crippen molar-refractivity contribution in [3.8, 4) is 0 Å². The van der Waals surface area contributed by atoms with Gasteiger partial charge in [0.1, 0.15) is 11.1 Å². The third-order valence-corrected chi connectivity index (χ3v) is 8.42. The third kappa shape index (κ3) is 5.04. The number of aliphatic hydroxyl groups is 1. The lowest BCUT2D eigenvalue weighted by Crippen LogP contribution is -2.81. The molecule has 0 spiro atoms. The fraction of sp³-hybridized carbons (Fsp3) is 0.381. The number of carboxylic acid groups (broad SMARTS) is 1. The monoisotopic (exact) mass is 549 g/mol. The van der Waals surface area contributed by atoms with E-state index >= 15 is 0 Å². The number of carboxylic acids is 1. The van der Waals surface area contributed by atoms with E-state index < -0.39 is 46.1 Å². The zero-order chi connectivity index (χ0) is 26.7. The maximum atomic E-state index is 13.4. The van der Waals surface area contributed by atoms with E-state index in [1.165, 1.54) is 18.9 Å². The summed E-state index contributed by atoms with van der Waals surface area (Å²) in [7, 11) is 1.22. The molecule has 3 heterocycles. The Hall–Kier alpha value is -3.47. The fourth-order valence-corrected chi connectivity index (χ4v) is 6.74. The SMILES string of the molecule is CO[C@]1(NC(=O)C(O)c2ccccc2)C(=O)N2C(C(=O)O)=C(C(CCC(N)=O)Sc3nnn[nH]3)CS[C@H]21. The molecule has 0 radical (unpaired) electrons. The Kier molecular flexibility index (Phi) is 7.82. The number of benzene rings is 1. The quantitative estimate of drug-likeness (QED) is 0.135. The van der Waals surface area contributed by atoms with Gasteiger partial charge in [-0.05, 0) is 28.0 Å². The Morgan fingerprint density at radius 3 is 2.70 bits per heavy atom. The molecule has 2 unspecified atom stereocenters. The predicted molar refractivity (Wildman–Crippen MR) is 129 cm³/mol. The minimum atomic E-state index is -1.88. The number of aliphatic hydroxyl groups excluding tert-OH is 1. The Bertz CT molecular complexity index is 1230. The van der Waals surface area contributed by atoms with E-state index in [1.54, 1.807) is 30.3 Å². The van der Waals surface area contributed by atoms with Gasteiger partial charge in [0.05, 0.1) is 0 Å². The van der Waals surface area contributed by atoms with Crippen molar-refractivity contribution in [1.29, 1.82) is 0 Å². The number of nitrogens with two attached hydrogens (primary N) is 1. The van der Waals surface area contributed by atoms with Crippen molar-refractivity contribution in [1.82, 2.24) is 30.8 Å². The summed E-state index contributed by atoms with van der Waals surface area (Å²) in [6.07, 6.45) is -1.43. The van der Waals surface area contributed by atoms with Gasteiger partial charge in [-0.15, -0.1) is 16.9 Å². The first-order chi connectivity index (χ1) is 17.7. The summed E-state index contributed by atoms with van der Waals surface area (Å²) in [6, 6.07) is 8.14. The molecular formula is C21H23N7O7S2. The second kappa shape index (κ2) is 10.9. The molecule has 2 aliphatic rings. The maximum absolute atomic E-state index is 13.4. The van der Waals surface area contributed by atoms with E-state index in [1.807, 2.05) is 0 Å². The summed E-state index contributed by atoms with van der Waals surface area (Å²) < 4.78 is 5.43. The Labute approximate surface area is 218 Å². The first-order valence-corrected chi connectivity index (χ1v) is 12.8. The van der Waals surface area contributed by atoms with Crippen molar-refractivity contribution in [3.63, 3.8) is 0 Å². The number of hydrogen-bond acceptors (Lipinski definition) is 11. The van der Waals surface area contributed by atoms with E-state index in [4.69, 9.17) is 10.5 Å². The molecule has 1 saturated heterocycles. The van der Waals surface area contributed by atoms with Gasteiger partial charge in [-0.1, -0.05) is 42.1 Å². The fourth-order valence-electron chi connectivity index (χ4n) is 4.10. The van der Waals surface area contributed by atoms with Crippen LogP contribution in [0.3, 0.4) is 0 Å². The lowest BCUT2D eigenvalue weighted by atomic mass is 9.95. The average molecular weight is 550 g/mol. The molecule has 4 rings (SSSR count). The van der Waals surface area contributed by atoms with Crippen molar-refractivity contribution in [2.24, 2.45) is 5.73 Å². The van der Waals surface area contributed by atoms with Gasteiger partial charge in [-0.25, -0.2) is 9.89 Å². The number of primary amides is 1. The van der Waals surface area contributed by atoms with Gasteiger partial charge in [0.15, 0.2) is 6.10 Å². The van der Waals surface area contributed by atoms with Gasteiger partial charge in [-0.2, -0.15) is 0 Å². The zero-order valence-electron chi connectivity index (χ0n) is 19.4. The van der Waals surface area contributed by atoms with Crippen molar-refractivity contribution in [2.75, 3.05) is 12.9 Å². The van der Waals surface area contributed by atoms with Crippen LogP contribution in [0, 0.1) is 0 Å². The highest BCUT2D eigenvalue weighted by molar-refractivity contribution is 8.01. The zero-order valence-corrected chi connectivity index (χ0v) is 21.0. The Balaban J connectivity index is 1.62. The second-order valence-corrected chi connectivity index (χ2v) is 10.3. The third-order valence-electron chi connectivity index (χ3n) is 5.88. The van der Waals surface area contributed by atoms with Crippen LogP contribution in [-0.4, -0.2) is 88.6 Å². The van der Waals surface area contributed by atoms with Crippen LogP contribution in [0.15, 0.2) is 46.8 Å². The van der Waals surface area contributed by atoms with E-state index in [0.717, 1.165) is 16.7 Å². The number of hydrogen-bond donors (Lipinski definition) is 5. The molecule has 16 heteroatoms. The molecule has 2 aliphatic heterocycles. The summed E-state index contributed by atoms with van der Waals surface area (Å²) in [6.45, 7) is 0. The van der Waals surface area contributed by atoms with Crippen LogP contribution in [0.5, 0.6) is 0 Å². The summed E-state index contributed by atoms with van der Waals surface area (Å²) in [5.74, 6) is -3.49. The lowest BCUT2D eigenvalue weighted by Gasteiger charge is -2.56. The number of aliphatic carboxylic acids is 1. The van der Waals surface area contributed by atoms with Crippen molar-refractivity contribution >= 4 is 47.2 Å². The topological polar surface area (TPSA) is 214 Å². The first kappa shape index (κ1) is 26.6. The number of nitrogens with zero attached hydrogens (tertiary/aromatic N) is 4. The molecule has 3 amide bonds. The Morgan fingerprint density at radius 1 is 1.38 bits per heavy atom. The van der Waals surface area contributed by atoms with Crippen molar-refractivity contribution in [2.45, 2.75) is 40.5 Å². The number of carbonyl (C=O) groups excluding carboxylic acids is 3. The number of β-lactam (4-membered cyclic amide) rings is 1. The number of aromatic nitrogens is 4. The predicted octanol–water partition coefficient (Wildman–Crippen LogP) is -0.628. The van der Waals surface area contributed by atoms with Gasteiger partial charge in [0.2, 0.25) is 11.1 Å². The maximum Gasteiger partial charge on any atom is 0.352 e. The number of thioether (sulfide) groups is 2. The molecule has 6 N–H and O–H groups in total. The van der Waals surface area contributed by atoms with Crippen LogP contribution in [-0.2, 0) is 23.9 Å². The van der Waals surface area contributed by atoms with Crippen LogP contribution in [0.2, 0.25) is 0 Å². The normalized spacial score (nSPS) is 22.6.